The van der Waals surface area contributed by atoms with Crippen LogP contribution in [0.1, 0.15) is 34.1 Å². The van der Waals surface area contributed by atoms with E-state index in [-0.39, 0.29) is 12.0 Å². The van der Waals surface area contributed by atoms with Crippen molar-refractivity contribution in [3.8, 4) is 0 Å². The molecule has 2 heteroatoms. The van der Waals surface area contributed by atoms with Crippen molar-refractivity contribution in [1.82, 2.24) is 4.90 Å². The molecule has 1 saturated carbocycles. The molecule has 3 atom stereocenters. The molecule has 0 amide bonds. The smallest absolute Gasteiger partial charge is 0.152 e. The second-order valence-electron chi connectivity index (χ2n) is 5.45. The van der Waals surface area contributed by atoms with E-state index in [0.717, 1.165) is 12.5 Å². The Morgan fingerprint density at radius 2 is 1.93 bits per heavy atom. The predicted molar refractivity (Wildman–Crippen MR) is 57.1 cm³/mol. The summed E-state index contributed by atoms with van der Waals surface area (Å²) in [7, 11) is 0. The molecule has 0 spiro atoms. The molecule has 14 heavy (non-hydrogen) atoms. The average molecular weight is 195 g/mol. The van der Waals surface area contributed by atoms with E-state index in [1.165, 1.54) is 6.42 Å². The molecule has 1 unspecified atom stereocenters. The molecule has 2 fully saturated rings. The molecule has 2 rings (SSSR count). The Kier molecular flexibility index (Phi) is 2.42. The lowest BCUT2D eigenvalue weighted by Gasteiger charge is -2.30. The van der Waals surface area contributed by atoms with Crippen LogP contribution < -0.4 is 0 Å². The van der Waals surface area contributed by atoms with Crippen molar-refractivity contribution in [2.45, 2.75) is 46.2 Å². The number of carbonyl (C=O) groups excluding carboxylic acids is 1. The van der Waals surface area contributed by atoms with E-state index in [4.69, 9.17) is 0 Å². The summed E-state index contributed by atoms with van der Waals surface area (Å²) in [6.45, 7) is 9.61. The van der Waals surface area contributed by atoms with Gasteiger partial charge in [0, 0.05) is 18.5 Å². The molecule has 0 aromatic carbocycles. The monoisotopic (exact) mass is 195 g/mol. The Bertz CT molecular complexity index is 247. The Morgan fingerprint density at radius 3 is 2.43 bits per heavy atom. The Morgan fingerprint density at radius 1 is 1.29 bits per heavy atom. The lowest BCUT2D eigenvalue weighted by atomic mass is 9.97. The normalized spacial score (nSPS) is 36.6. The van der Waals surface area contributed by atoms with Gasteiger partial charge in [0.2, 0.25) is 0 Å². The van der Waals surface area contributed by atoms with Crippen molar-refractivity contribution in [3.63, 3.8) is 0 Å². The highest BCUT2D eigenvalue weighted by atomic mass is 16.1. The molecule has 0 radical (unpaired) electrons. The van der Waals surface area contributed by atoms with E-state index in [9.17, 15) is 4.79 Å². The predicted octanol–water partition coefficient (Wildman–Crippen LogP) is 1.94. The second-order valence-corrected chi connectivity index (χ2v) is 5.45. The number of nitrogens with zero attached hydrogens (tertiary/aromatic N) is 1. The SMILES string of the molecule is CC(C)C(=O)C1[C@H]2C[C@H]2CN1C(C)C. The van der Waals surface area contributed by atoms with Crippen LogP contribution in [0.25, 0.3) is 0 Å². The third kappa shape index (κ3) is 1.50. The van der Waals surface area contributed by atoms with E-state index in [2.05, 4.69) is 18.7 Å². The minimum absolute atomic E-state index is 0.195. The third-order valence-corrected chi connectivity index (χ3v) is 3.71. The van der Waals surface area contributed by atoms with Gasteiger partial charge in [0.05, 0.1) is 6.04 Å². The zero-order valence-corrected chi connectivity index (χ0v) is 9.66. The molecular formula is C12H21NO. The summed E-state index contributed by atoms with van der Waals surface area (Å²) in [5, 5.41) is 0. The molecule has 1 aliphatic heterocycles. The van der Waals surface area contributed by atoms with Gasteiger partial charge in [-0.1, -0.05) is 13.8 Å². The van der Waals surface area contributed by atoms with Gasteiger partial charge >= 0.3 is 0 Å². The summed E-state index contributed by atoms with van der Waals surface area (Å²) >= 11 is 0. The van der Waals surface area contributed by atoms with Crippen LogP contribution in [-0.2, 0) is 4.79 Å². The van der Waals surface area contributed by atoms with Gasteiger partial charge in [-0.2, -0.15) is 0 Å². The van der Waals surface area contributed by atoms with Gasteiger partial charge in [0.15, 0.2) is 5.78 Å². The molecule has 0 N–H and O–H groups in total. The minimum Gasteiger partial charge on any atom is -0.298 e. The molecule has 1 aliphatic carbocycles. The quantitative estimate of drug-likeness (QED) is 0.686. The summed E-state index contributed by atoms with van der Waals surface area (Å²) in [6, 6.07) is 0.774. The first kappa shape index (κ1) is 10.2. The number of piperidine rings is 1. The van der Waals surface area contributed by atoms with Gasteiger partial charge in [0.1, 0.15) is 0 Å². The molecule has 0 bridgehead atoms. The number of fused-ring (bicyclic) bond motifs is 1. The summed E-state index contributed by atoms with van der Waals surface area (Å²) < 4.78 is 0. The van der Waals surface area contributed by atoms with E-state index < -0.39 is 0 Å². The number of rotatable bonds is 3. The summed E-state index contributed by atoms with van der Waals surface area (Å²) in [6.07, 6.45) is 1.30. The van der Waals surface area contributed by atoms with Crippen molar-refractivity contribution in [3.05, 3.63) is 0 Å². The highest BCUT2D eigenvalue weighted by molar-refractivity contribution is 5.87. The summed E-state index contributed by atoms with van der Waals surface area (Å²) in [4.78, 5) is 14.5. The van der Waals surface area contributed by atoms with Crippen LogP contribution in [0.3, 0.4) is 0 Å². The first-order chi connectivity index (χ1) is 6.52. The van der Waals surface area contributed by atoms with Gasteiger partial charge in [-0.15, -0.1) is 0 Å². The van der Waals surface area contributed by atoms with Crippen molar-refractivity contribution in [1.29, 1.82) is 0 Å². The van der Waals surface area contributed by atoms with Gasteiger partial charge in [0.25, 0.3) is 0 Å². The largest absolute Gasteiger partial charge is 0.298 e. The average Bonchev–Trinajstić information content (AvgIpc) is 2.76. The number of ketones is 1. The molecule has 80 valence electrons. The van der Waals surface area contributed by atoms with E-state index in [1.54, 1.807) is 0 Å². The fourth-order valence-corrected chi connectivity index (χ4v) is 2.75. The van der Waals surface area contributed by atoms with E-state index in [0.29, 0.717) is 17.7 Å². The highest BCUT2D eigenvalue weighted by Crippen LogP contribution is 2.50. The maximum atomic E-state index is 12.1. The van der Waals surface area contributed by atoms with Crippen LogP contribution in [0, 0.1) is 17.8 Å². The van der Waals surface area contributed by atoms with Crippen LogP contribution in [0.2, 0.25) is 0 Å². The lowest BCUT2D eigenvalue weighted by Crippen LogP contribution is -2.45. The van der Waals surface area contributed by atoms with E-state index >= 15 is 0 Å². The van der Waals surface area contributed by atoms with Crippen LogP contribution in [0.15, 0.2) is 0 Å². The zero-order valence-electron chi connectivity index (χ0n) is 9.66. The Labute approximate surface area is 86.7 Å². The van der Waals surface area contributed by atoms with Crippen LogP contribution in [-0.4, -0.2) is 29.3 Å². The van der Waals surface area contributed by atoms with Crippen LogP contribution in [0.5, 0.6) is 0 Å². The first-order valence-corrected chi connectivity index (χ1v) is 5.81. The number of likely N-dealkylation sites (tertiary alicyclic amines) is 1. The number of Topliss-reactive ketones (excluding diaryl/α,β-unsaturated/α-hetero) is 1. The molecule has 1 heterocycles. The van der Waals surface area contributed by atoms with Crippen molar-refractivity contribution in [2.24, 2.45) is 17.8 Å². The van der Waals surface area contributed by atoms with E-state index in [1.807, 2.05) is 13.8 Å². The minimum atomic E-state index is 0.195. The third-order valence-electron chi connectivity index (χ3n) is 3.71. The molecule has 0 aromatic rings. The van der Waals surface area contributed by atoms with Gasteiger partial charge in [-0.05, 0) is 32.1 Å². The number of hydrogen-bond acceptors (Lipinski definition) is 2. The summed E-state index contributed by atoms with van der Waals surface area (Å²) in [5.74, 6) is 2.20. The number of hydrogen-bond donors (Lipinski definition) is 0. The fourth-order valence-electron chi connectivity index (χ4n) is 2.75. The Hall–Kier alpha value is -0.370. The van der Waals surface area contributed by atoms with Gasteiger partial charge in [-0.25, -0.2) is 0 Å². The van der Waals surface area contributed by atoms with Gasteiger partial charge < -0.3 is 0 Å². The number of carbonyl (C=O) groups is 1. The first-order valence-electron chi connectivity index (χ1n) is 5.81. The van der Waals surface area contributed by atoms with Gasteiger partial charge in [-0.3, -0.25) is 9.69 Å². The zero-order chi connectivity index (χ0) is 10.5. The molecule has 0 aromatic heterocycles. The summed E-state index contributed by atoms with van der Waals surface area (Å²) in [5.41, 5.74) is 0. The van der Waals surface area contributed by atoms with Crippen molar-refractivity contribution >= 4 is 5.78 Å². The maximum Gasteiger partial charge on any atom is 0.152 e. The molecule has 2 nitrogen and oxygen atoms in total. The standard InChI is InChI=1S/C12H21NO/c1-7(2)12(14)11-10-5-9(10)6-13(11)8(3)4/h7-11H,5-6H2,1-4H3/t9-,10-,11?/m0/s1. The Balaban J connectivity index is 2.11. The second kappa shape index (κ2) is 3.34. The molecular weight excluding hydrogens is 174 g/mol. The molecule has 1 saturated heterocycles. The van der Waals surface area contributed by atoms with Crippen molar-refractivity contribution < 1.29 is 4.79 Å². The van der Waals surface area contributed by atoms with Crippen molar-refractivity contribution in [2.75, 3.05) is 6.54 Å². The maximum absolute atomic E-state index is 12.1. The van der Waals surface area contributed by atoms with Crippen LogP contribution in [0.4, 0.5) is 0 Å². The highest BCUT2D eigenvalue weighted by Gasteiger charge is 2.55. The van der Waals surface area contributed by atoms with Crippen LogP contribution >= 0.6 is 0 Å². The fraction of sp³-hybridized carbons (Fsp3) is 0.917. The topological polar surface area (TPSA) is 20.3 Å². The lowest BCUT2D eigenvalue weighted by molar-refractivity contribution is -0.127. The molecule has 2 aliphatic rings.